The number of halogens is 4. The molecule has 2 aliphatic heterocycles. The van der Waals surface area contributed by atoms with Crippen LogP contribution in [0.1, 0.15) is 16.7 Å². The molecule has 0 atom stereocenters. The fourth-order valence-electron chi connectivity index (χ4n) is 3.56. The van der Waals surface area contributed by atoms with Crippen LogP contribution in [0.15, 0.2) is 34.4 Å². The van der Waals surface area contributed by atoms with Crippen LogP contribution in [0, 0.1) is 17.5 Å². The first-order valence-corrected chi connectivity index (χ1v) is 9.42. The second-order valence-electron chi connectivity index (χ2n) is 6.82. The van der Waals surface area contributed by atoms with Crippen molar-refractivity contribution in [3.8, 4) is 0 Å². The van der Waals surface area contributed by atoms with Gasteiger partial charge in [-0.05, 0) is 29.3 Å². The van der Waals surface area contributed by atoms with Gasteiger partial charge in [-0.1, -0.05) is 22.8 Å². The first-order valence-electron chi connectivity index (χ1n) is 9.04. The van der Waals surface area contributed by atoms with Crippen molar-refractivity contribution in [3.63, 3.8) is 0 Å². The zero-order valence-corrected chi connectivity index (χ0v) is 16.0. The molecule has 0 saturated carbocycles. The van der Waals surface area contributed by atoms with Crippen LogP contribution in [-0.4, -0.2) is 48.0 Å². The maximum atomic E-state index is 14.4. The lowest BCUT2D eigenvalue weighted by Gasteiger charge is -2.28. The molecule has 4 rings (SSSR count). The number of hydrogen-bond donors (Lipinski definition) is 1. The summed E-state index contributed by atoms with van der Waals surface area (Å²) in [6, 6.07) is 5.09. The molecule has 1 N–H and O–H groups in total. The number of amidine groups is 1. The lowest BCUT2D eigenvalue weighted by atomic mass is 9.95. The molecule has 2 aliphatic rings. The maximum absolute atomic E-state index is 14.4. The van der Waals surface area contributed by atoms with E-state index < -0.39 is 17.5 Å². The van der Waals surface area contributed by atoms with Gasteiger partial charge in [-0.2, -0.15) is 0 Å². The summed E-state index contributed by atoms with van der Waals surface area (Å²) in [5.74, 6) is -2.07. The van der Waals surface area contributed by atoms with Crippen molar-refractivity contribution in [2.45, 2.75) is 12.8 Å². The number of morpholine rings is 1. The Morgan fingerprint density at radius 2 is 1.93 bits per heavy atom. The molecule has 0 amide bonds. The normalized spacial score (nSPS) is 16.8. The van der Waals surface area contributed by atoms with E-state index in [4.69, 9.17) is 16.3 Å². The van der Waals surface area contributed by atoms with Gasteiger partial charge in [0.2, 0.25) is 0 Å². The Hall–Kier alpha value is -2.58. The molecule has 0 spiro atoms. The van der Waals surface area contributed by atoms with Crippen molar-refractivity contribution < 1.29 is 23.1 Å². The van der Waals surface area contributed by atoms with E-state index in [0.29, 0.717) is 43.3 Å². The second kappa shape index (κ2) is 8.04. The van der Waals surface area contributed by atoms with E-state index in [2.05, 4.69) is 10.1 Å². The topological polar surface area (TPSA) is 57.4 Å². The Morgan fingerprint density at radius 1 is 1.17 bits per heavy atom. The Balaban J connectivity index is 1.68. The zero-order chi connectivity index (χ0) is 20.5. The number of aliphatic imine (C=N–C) groups is 1. The molecule has 29 heavy (non-hydrogen) atoms. The van der Waals surface area contributed by atoms with Gasteiger partial charge in [-0.3, -0.25) is 0 Å². The molecule has 2 heterocycles. The van der Waals surface area contributed by atoms with E-state index in [-0.39, 0.29) is 34.8 Å². The predicted octanol–water partition coefficient (Wildman–Crippen LogP) is 4.10. The second-order valence-corrected chi connectivity index (χ2v) is 7.23. The van der Waals surface area contributed by atoms with Crippen molar-refractivity contribution in [1.82, 2.24) is 4.90 Å². The number of ether oxygens (including phenoxy) is 1. The molecule has 5 nitrogen and oxygen atoms in total. The Labute approximate surface area is 170 Å². The first kappa shape index (κ1) is 19.7. The minimum atomic E-state index is -1.08. The number of benzene rings is 2. The molecule has 0 aliphatic carbocycles. The van der Waals surface area contributed by atoms with Gasteiger partial charge in [-0.25, -0.2) is 18.2 Å². The highest BCUT2D eigenvalue weighted by Crippen LogP contribution is 2.36. The molecule has 1 saturated heterocycles. The minimum Gasteiger partial charge on any atom is -0.411 e. The molecule has 0 radical (unpaired) electrons. The highest BCUT2D eigenvalue weighted by atomic mass is 35.5. The van der Waals surface area contributed by atoms with E-state index in [9.17, 15) is 18.4 Å². The lowest BCUT2D eigenvalue weighted by molar-refractivity contribution is 0.0675. The molecule has 2 aromatic rings. The van der Waals surface area contributed by atoms with Crippen LogP contribution in [0.2, 0.25) is 5.02 Å². The zero-order valence-electron chi connectivity index (χ0n) is 15.3. The van der Waals surface area contributed by atoms with E-state index >= 15 is 0 Å². The van der Waals surface area contributed by atoms with Crippen molar-refractivity contribution in [2.24, 2.45) is 10.1 Å². The molecule has 1 fully saturated rings. The Morgan fingerprint density at radius 3 is 2.62 bits per heavy atom. The minimum absolute atomic E-state index is 0.0564. The fraction of sp³-hybridized carbons (Fsp3) is 0.300. The molecule has 152 valence electrons. The monoisotopic (exact) mass is 423 g/mol. The van der Waals surface area contributed by atoms with Gasteiger partial charge in [0.05, 0.1) is 23.9 Å². The summed E-state index contributed by atoms with van der Waals surface area (Å²) in [4.78, 5) is 6.28. The Kier molecular flexibility index (Phi) is 5.47. The van der Waals surface area contributed by atoms with Gasteiger partial charge in [0.25, 0.3) is 0 Å². The number of nitrogens with zero attached hydrogens (tertiary/aromatic N) is 3. The average Bonchev–Trinajstić information content (AvgIpc) is 3.18. The maximum Gasteiger partial charge on any atom is 0.184 e. The predicted molar refractivity (Wildman–Crippen MR) is 103 cm³/mol. The number of hydrogen-bond acceptors (Lipinski definition) is 5. The van der Waals surface area contributed by atoms with Gasteiger partial charge >= 0.3 is 0 Å². The standard InChI is InChI=1S/C20H17ClF3N3O2/c21-14-7-11(1-2-15(14)22)8-17(26-28)12-9-16(23)19(24)20-13(12)10-18(25-20)27-3-5-29-6-4-27/h1-2,7,9,28H,3-6,8,10H2/b26-17+. The van der Waals surface area contributed by atoms with Crippen molar-refractivity contribution in [3.05, 3.63) is 63.4 Å². The molecule has 0 bridgehead atoms. The molecule has 2 aromatic carbocycles. The van der Waals surface area contributed by atoms with Crippen molar-refractivity contribution in [1.29, 1.82) is 0 Å². The molecule has 0 aromatic heterocycles. The summed E-state index contributed by atoms with van der Waals surface area (Å²) in [6.45, 7) is 2.30. The molecule has 9 heteroatoms. The van der Waals surface area contributed by atoms with Gasteiger partial charge in [0, 0.05) is 31.5 Å². The highest BCUT2D eigenvalue weighted by Gasteiger charge is 2.30. The summed E-state index contributed by atoms with van der Waals surface area (Å²) < 4.78 is 47.4. The average molecular weight is 424 g/mol. The van der Waals surface area contributed by atoms with Gasteiger partial charge in [-0.15, -0.1) is 0 Å². The summed E-state index contributed by atoms with van der Waals surface area (Å²) in [7, 11) is 0. The van der Waals surface area contributed by atoms with Crippen LogP contribution in [0.25, 0.3) is 0 Å². The third-order valence-electron chi connectivity index (χ3n) is 5.04. The van der Waals surface area contributed by atoms with Crippen LogP contribution in [0.4, 0.5) is 18.9 Å². The van der Waals surface area contributed by atoms with Crippen molar-refractivity contribution >= 4 is 28.8 Å². The van der Waals surface area contributed by atoms with Crippen LogP contribution in [-0.2, 0) is 17.6 Å². The highest BCUT2D eigenvalue weighted by molar-refractivity contribution is 6.30. The van der Waals surface area contributed by atoms with Crippen molar-refractivity contribution in [2.75, 3.05) is 26.3 Å². The SMILES string of the molecule is O/N=C(\Cc1ccc(F)c(Cl)c1)c1cc(F)c(F)c2c1CC(N1CCOCC1)=N2. The van der Waals surface area contributed by atoms with Crippen LogP contribution < -0.4 is 0 Å². The van der Waals surface area contributed by atoms with E-state index in [0.717, 1.165) is 6.07 Å². The quantitative estimate of drug-likeness (QED) is 0.459. The third kappa shape index (κ3) is 3.82. The summed E-state index contributed by atoms with van der Waals surface area (Å²) in [5, 5.41) is 12.8. The summed E-state index contributed by atoms with van der Waals surface area (Å²) in [5.41, 5.74) is 1.30. The Bertz CT molecular complexity index is 1020. The number of rotatable bonds is 3. The van der Waals surface area contributed by atoms with E-state index in [1.54, 1.807) is 0 Å². The van der Waals surface area contributed by atoms with Gasteiger partial charge < -0.3 is 14.8 Å². The van der Waals surface area contributed by atoms with E-state index in [1.165, 1.54) is 18.2 Å². The summed E-state index contributed by atoms with van der Waals surface area (Å²) in [6.07, 6.45) is 0.339. The van der Waals surface area contributed by atoms with Crippen LogP contribution >= 0.6 is 11.6 Å². The van der Waals surface area contributed by atoms with Crippen LogP contribution in [0.5, 0.6) is 0 Å². The van der Waals surface area contributed by atoms with E-state index in [1.807, 2.05) is 4.90 Å². The first-order chi connectivity index (χ1) is 14.0. The lowest BCUT2D eigenvalue weighted by Crippen LogP contribution is -2.40. The number of fused-ring (bicyclic) bond motifs is 1. The molecule has 0 unspecified atom stereocenters. The van der Waals surface area contributed by atoms with Crippen LogP contribution in [0.3, 0.4) is 0 Å². The molecular weight excluding hydrogens is 407 g/mol. The third-order valence-corrected chi connectivity index (χ3v) is 5.33. The smallest absolute Gasteiger partial charge is 0.184 e. The number of oxime groups is 1. The van der Waals surface area contributed by atoms with Gasteiger partial charge in [0.1, 0.15) is 17.3 Å². The largest absolute Gasteiger partial charge is 0.411 e. The van der Waals surface area contributed by atoms with Gasteiger partial charge in [0.15, 0.2) is 11.6 Å². The fourth-order valence-corrected chi connectivity index (χ4v) is 3.76. The molecular formula is C20H17ClF3N3O2. The summed E-state index contributed by atoms with van der Waals surface area (Å²) >= 11 is 5.81.